The molecule has 1 rings (SSSR count). The van der Waals surface area contributed by atoms with Gasteiger partial charge in [-0.1, -0.05) is 15.9 Å². The summed E-state index contributed by atoms with van der Waals surface area (Å²) in [6.45, 7) is 2.00. The van der Waals surface area contributed by atoms with Crippen LogP contribution in [0.15, 0.2) is 22.7 Å². The van der Waals surface area contributed by atoms with Gasteiger partial charge in [0.05, 0.1) is 0 Å². The molecule has 0 aliphatic rings. The molecule has 0 aromatic heterocycles. The van der Waals surface area contributed by atoms with Crippen molar-refractivity contribution in [3.05, 3.63) is 28.2 Å². The van der Waals surface area contributed by atoms with Crippen molar-refractivity contribution < 1.29 is 4.74 Å². The van der Waals surface area contributed by atoms with E-state index in [0.29, 0.717) is 0 Å². The second-order valence-corrected chi connectivity index (χ2v) is 4.30. The third kappa shape index (κ3) is 3.90. The van der Waals surface area contributed by atoms with E-state index in [9.17, 15) is 0 Å². The number of nitrogens with zero attached hydrogens (tertiary/aromatic N) is 1. The lowest BCUT2D eigenvalue weighted by molar-refractivity contribution is 0.363. The van der Waals surface area contributed by atoms with Crippen molar-refractivity contribution in [2.75, 3.05) is 6.61 Å². The Labute approximate surface area is 98.0 Å². The number of nitriles is 1. The molecule has 0 bridgehead atoms. The quantitative estimate of drug-likeness (QED) is 0.911. The van der Waals surface area contributed by atoms with Crippen LogP contribution in [0.3, 0.4) is 0 Å². The molecule has 0 fully saturated rings. The standard InChI is InChI=1S/C11H13BrN2O/c1-8(14)6-9-7-10(12)2-3-11(9)15-5-4-13/h2-3,7-8H,5-6,14H2,1H3. The number of hydrogen-bond donors (Lipinski definition) is 1. The van der Waals surface area contributed by atoms with Gasteiger partial charge < -0.3 is 10.5 Å². The Morgan fingerprint density at radius 1 is 1.60 bits per heavy atom. The SMILES string of the molecule is CC(N)Cc1cc(Br)ccc1OCC#N. The number of benzene rings is 1. The van der Waals surface area contributed by atoms with Gasteiger partial charge in [0, 0.05) is 10.5 Å². The first-order chi connectivity index (χ1) is 7.13. The number of nitrogens with two attached hydrogens (primary N) is 1. The summed E-state index contributed by atoms with van der Waals surface area (Å²) in [6, 6.07) is 7.72. The first-order valence-corrected chi connectivity index (χ1v) is 5.46. The van der Waals surface area contributed by atoms with Crippen molar-refractivity contribution in [1.29, 1.82) is 5.26 Å². The van der Waals surface area contributed by atoms with Gasteiger partial charge in [-0.25, -0.2) is 0 Å². The second-order valence-electron chi connectivity index (χ2n) is 3.38. The molecule has 1 atom stereocenters. The molecule has 4 heteroatoms. The third-order valence-corrected chi connectivity index (χ3v) is 2.35. The predicted octanol–water partition coefficient (Wildman–Crippen LogP) is 2.24. The third-order valence-electron chi connectivity index (χ3n) is 1.86. The van der Waals surface area contributed by atoms with Crippen LogP contribution in [0.5, 0.6) is 5.75 Å². The molecule has 1 aromatic rings. The van der Waals surface area contributed by atoms with Crippen LogP contribution in [-0.2, 0) is 6.42 Å². The fourth-order valence-electron chi connectivity index (χ4n) is 1.31. The van der Waals surface area contributed by atoms with E-state index in [1.165, 1.54) is 0 Å². The van der Waals surface area contributed by atoms with Gasteiger partial charge in [-0.3, -0.25) is 0 Å². The monoisotopic (exact) mass is 268 g/mol. The number of rotatable bonds is 4. The summed E-state index contributed by atoms with van der Waals surface area (Å²) in [5.41, 5.74) is 6.76. The molecule has 0 saturated carbocycles. The molecule has 0 aliphatic carbocycles. The summed E-state index contributed by atoms with van der Waals surface area (Å²) >= 11 is 3.39. The van der Waals surface area contributed by atoms with Gasteiger partial charge in [0.2, 0.25) is 0 Å². The second kappa shape index (κ2) is 5.74. The van der Waals surface area contributed by atoms with Crippen LogP contribution in [0.1, 0.15) is 12.5 Å². The smallest absolute Gasteiger partial charge is 0.174 e. The van der Waals surface area contributed by atoms with Gasteiger partial charge in [-0.2, -0.15) is 5.26 Å². The van der Waals surface area contributed by atoms with Crippen molar-refractivity contribution >= 4 is 15.9 Å². The Hall–Kier alpha value is -1.05. The van der Waals surface area contributed by atoms with Crippen molar-refractivity contribution in [3.63, 3.8) is 0 Å². The van der Waals surface area contributed by atoms with E-state index in [1.807, 2.05) is 31.2 Å². The Morgan fingerprint density at radius 3 is 2.93 bits per heavy atom. The van der Waals surface area contributed by atoms with Crippen LogP contribution < -0.4 is 10.5 Å². The van der Waals surface area contributed by atoms with Gasteiger partial charge in [0.15, 0.2) is 6.61 Å². The average Bonchev–Trinajstić information content (AvgIpc) is 2.16. The largest absolute Gasteiger partial charge is 0.478 e. The Bertz CT molecular complexity index is 371. The van der Waals surface area contributed by atoms with Crippen molar-refractivity contribution in [1.82, 2.24) is 0 Å². The van der Waals surface area contributed by atoms with E-state index in [2.05, 4.69) is 15.9 Å². The molecule has 80 valence electrons. The van der Waals surface area contributed by atoms with E-state index >= 15 is 0 Å². The van der Waals surface area contributed by atoms with Crippen LogP contribution in [0, 0.1) is 11.3 Å². The molecule has 3 nitrogen and oxygen atoms in total. The fourth-order valence-corrected chi connectivity index (χ4v) is 1.71. The molecule has 0 spiro atoms. The van der Waals surface area contributed by atoms with Gasteiger partial charge in [-0.15, -0.1) is 0 Å². The Balaban J connectivity index is 2.88. The Morgan fingerprint density at radius 2 is 2.33 bits per heavy atom. The molecule has 0 amide bonds. The van der Waals surface area contributed by atoms with Gasteiger partial charge >= 0.3 is 0 Å². The summed E-state index contributed by atoms with van der Waals surface area (Å²) in [7, 11) is 0. The summed E-state index contributed by atoms with van der Waals surface area (Å²) in [5.74, 6) is 0.733. The molecule has 0 heterocycles. The van der Waals surface area contributed by atoms with E-state index in [0.717, 1.165) is 22.2 Å². The van der Waals surface area contributed by atoms with Crippen molar-refractivity contribution in [3.8, 4) is 11.8 Å². The molecular weight excluding hydrogens is 256 g/mol. The van der Waals surface area contributed by atoms with Crippen molar-refractivity contribution in [2.24, 2.45) is 5.73 Å². The molecule has 2 N–H and O–H groups in total. The van der Waals surface area contributed by atoms with Gasteiger partial charge in [0.25, 0.3) is 0 Å². The lowest BCUT2D eigenvalue weighted by Crippen LogP contribution is -2.18. The minimum atomic E-state index is 0.0631. The van der Waals surface area contributed by atoms with Crippen LogP contribution in [0.25, 0.3) is 0 Å². The topological polar surface area (TPSA) is 59.0 Å². The number of ether oxygens (including phenoxy) is 1. The summed E-state index contributed by atoms with van der Waals surface area (Å²) < 4.78 is 6.29. The predicted molar refractivity (Wildman–Crippen MR) is 62.6 cm³/mol. The lowest BCUT2D eigenvalue weighted by Gasteiger charge is -2.11. The molecule has 1 unspecified atom stereocenters. The number of hydrogen-bond acceptors (Lipinski definition) is 3. The van der Waals surface area contributed by atoms with Crippen LogP contribution in [-0.4, -0.2) is 12.6 Å². The molecular formula is C11H13BrN2O. The van der Waals surface area contributed by atoms with E-state index < -0.39 is 0 Å². The zero-order chi connectivity index (χ0) is 11.3. The maximum Gasteiger partial charge on any atom is 0.174 e. The molecule has 0 saturated heterocycles. The van der Waals surface area contributed by atoms with E-state index in [4.69, 9.17) is 15.7 Å². The van der Waals surface area contributed by atoms with Gasteiger partial charge in [0.1, 0.15) is 11.8 Å². The normalized spacial score (nSPS) is 11.9. The van der Waals surface area contributed by atoms with Crippen molar-refractivity contribution in [2.45, 2.75) is 19.4 Å². The first-order valence-electron chi connectivity index (χ1n) is 4.67. The maximum absolute atomic E-state index is 8.45. The average molecular weight is 269 g/mol. The molecule has 0 aliphatic heterocycles. The van der Waals surface area contributed by atoms with E-state index in [-0.39, 0.29) is 12.6 Å². The van der Waals surface area contributed by atoms with E-state index in [1.54, 1.807) is 0 Å². The van der Waals surface area contributed by atoms with Crippen LogP contribution >= 0.6 is 15.9 Å². The summed E-state index contributed by atoms with van der Waals surface area (Å²) in [5, 5.41) is 8.45. The lowest BCUT2D eigenvalue weighted by atomic mass is 10.1. The molecule has 0 radical (unpaired) electrons. The van der Waals surface area contributed by atoms with Crippen LogP contribution in [0.2, 0.25) is 0 Å². The zero-order valence-electron chi connectivity index (χ0n) is 8.53. The highest BCUT2D eigenvalue weighted by Crippen LogP contribution is 2.24. The maximum atomic E-state index is 8.45. The highest BCUT2D eigenvalue weighted by molar-refractivity contribution is 9.10. The van der Waals surface area contributed by atoms with Crippen LogP contribution in [0.4, 0.5) is 0 Å². The highest BCUT2D eigenvalue weighted by Gasteiger charge is 2.06. The molecule has 15 heavy (non-hydrogen) atoms. The fraction of sp³-hybridized carbons (Fsp3) is 0.364. The summed E-state index contributed by atoms with van der Waals surface area (Å²) in [4.78, 5) is 0. The summed E-state index contributed by atoms with van der Waals surface area (Å²) in [6.07, 6.45) is 0.736. The zero-order valence-corrected chi connectivity index (χ0v) is 10.1. The number of halogens is 1. The minimum absolute atomic E-state index is 0.0631. The first kappa shape index (κ1) is 12.0. The highest BCUT2D eigenvalue weighted by atomic mass is 79.9. The Kier molecular flexibility index (Phi) is 4.60. The molecule has 1 aromatic carbocycles. The minimum Gasteiger partial charge on any atom is -0.478 e. The van der Waals surface area contributed by atoms with Gasteiger partial charge in [-0.05, 0) is 37.1 Å².